The molecule has 3 aromatic rings. The number of nitrogens with two attached hydrogens (primary N) is 1. The van der Waals surface area contributed by atoms with Gasteiger partial charge < -0.3 is 33.2 Å². The summed E-state index contributed by atoms with van der Waals surface area (Å²) < 4.78 is 46.6. The van der Waals surface area contributed by atoms with Crippen molar-refractivity contribution in [1.82, 2.24) is 4.90 Å². The first kappa shape index (κ1) is 28.2. The Morgan fingerprint density at radius 1 is 0.973 bits per heavy atom. The minimum atomic E-state index is -5.14. The Labute approximate surface area is 257 Å². The largest absolute Gasteiger partial charge is 1.00 e. The van der Waals surface area contributed by atoms with Crippen LogP contribution in [0.4, 0.5) is 23.4 Å². The third-order valence-corrected chi connectivity index (χ3v) is 7.35. The first-order valence-corrected chi connectivity index (χ1v) is 12.2. The van der Waals surface area contributed by atoms with Gasteiger partial charge in [0, 0.05) is 44.3 Å². The second-order valence-corrected chi connectivity index (χ2v) is 9.38. The van der Waals surface area contributed by atoms with Crippen LogP contribution in [0.5, 0.6) is 0 Å². The van der Waals surface area contributed by atoms with Crippen LogP contribution in [0, 0.1) is 6.92 Å². The first-order valence-electron chi connectivity index (χ1n) is 12.2. The maximum Gasteiger partial charge on any atom is 1.00 e. The molecule has 10 heteroatoms. The zero-order chi connectivity index (χ0) is 25.4. The number of ether oxygens (including phenoxy) is 1. The number of hydrogen-bond donors (Lipinski definition) is 1. The molecule has 0 aromatic heterocycles. The molecule has 1 amide bonds. The van der Waals surface area contributed by atoms with E-state index in [0.29, 0.717) is 37.4 Å². The predicted molar refractivity (Wildman–Crippen MR) is 137 cm³/mol. The Balaban J connectivity index is 0.00000320. The molecule has 5 nitrogen and oxygen atoms in total. The molecule has 0 unspecified atom stereocenters. The standard InChI is InChI=1S/C27H28BF3N3O2.K/c1-18-19(16-32)14-20(15-26(18)28(29,30)31)33-10-12-34(13-11-33)27(35)36-17-25-23-8-4-2-6-21(23)22-7-3-5-9-24(22)25;/h2-9,14-15,25H,10-13,16-17,32H2,1H3;/q-1;+1. The first-order chi connectivity index (χ1) is 17.3. The second-order valence-electron chi connectivity index (χ2n) is 9.38. The minimum absolute atomic E-state index is 0. The SMILES string of the molecule is Cc1c(CN)cc(N2CCN(C(=O)OCC3c4ccccc4-c4ccccc43)CC2)cc1[B-](F)(F)F.[K+]. The van der Waals surface area contributed by atoms with Crippen molar-refractivity contribution in [3.05, 3.63) is 82.9 Å². The molecule has 0 atom stereocenters. The molecule has 1 aliphatic heterocycles. The maximum absolute atomic E-state index is 13.6. The van der Waals surface area contributed by atoms with E-state index in [0.717, 1.165) is 22.3 Å². The van der Waals surface area contributed by atoms with Crippen LogP contribution >= 0.6 is 0 Å². The minimum Gasteiger partial charge on any atom is -0.448 e. The number of nitrogens with zero attached hydrogens (tertiary/aromatic N) is 2. The van der Waals surface area contributed by atoms with Gasteiger partial charge in [-0.3, -0.25) is 0 Å². The van der Waals surface area contributed by atoms with E-state index in [-0.39, 0.29) is 76.0 Å². The summed E-state index contributed by atoms with van der Waals surface area (Å²) in [6.45, 7) is -1.83. The van der Waals surface area contributed by atoms with Gasteiger partial charge in [0.25, 0.3) is 0 Å². The fraction of sp³-hybridized carbons (Fsp3) is 0.296. The summed E-state index contributed by atoms with van der Waals surface area (Å²) in [5, 5.41) is 0. The molecule has 188 valence electrons. The van der Waals surface area contributed by atoms with Crippen LogP contribution in [0.1, 0.15) is 28.2 Å². The Kier molecular flexibility index (Phi) is 8.77. The van der Waals surface area contributed by atoms with Crippen LogP contribution in [-0.4, -0.2) is 50.8 Å². The number of hydrogen-bond acceptors (Lipinski definition) is 4. The molecule has 1 heterocycles. The molecule has 0 bridgehead atoms. The topological polar surface area (TPSA) is 58.8 Å². The van der Waals surface area contributed by atoms with E-state index in [1.165, 1.54) is 13.0 Å². The summed E-state index contributed by atoms with van der Waals surface area (Å²) in [4.78, 5) is 16.4. The summed E-state index contributed by atoms with van der Waals surface area (Å²) in [6.07, 6.45) is -0.401. The Hall–Kier alpha value is -1.82. The average Bonchev–Trinajstić information content (AvgIpc) is 3.20. The van der Waals surface area contributed by atoms with Crippen molar-refractivity contribution in [2.75, 3.05) is 37.7 Å². The van der Waals surface area contributed by atoms with Gasteiger partial charge in [0.2, 0.25) is 0 Å². The third-order valence-electron chi connectivity index (χ3n) is 7.35. The van der Waals surface area contributed by atoms with Gasteiger partial charge in [-0.2, -0.15) is 0 Å². The Bertz CT molecular complexity index is 1250. The number of carbonyl (C=O) groups excluding carboxylic acids is 1. The number of rotatable bonds is 5. The predicted octanol–water partition coefficient (Wildman–Crippen LogP) is 1.58. The van der Waals surface area contributed by atoms with E-state index in [1.807, 2.05) is 29.2 Å². The Morgan fingerprint density at radius 3 is 2.08 bits per heavy atom. The average molecular weight is 533 g/mol. The summed E-state index contributed by atoms with van der Waals surface area (Å²) >= 11 is 0. The van der Waals surface area contributed by atoms with Gasteiger partial charge in [-0.15, -0.1) is 5.46 Å². The number of piperazine rings is 1. The molecule has 37 heavy (non-hydrogen) atoms. The summed E-state index contributed by atoms with van der Waals surface area (Å²) in [7, 11) is 0. The van der Waals surface area contributed by atoms with E-state index < -0.39 is 18.5 Å². The van der Waals surface area contributed by atoms with Gasteiger partial charge >= 0.3 is 64.5 Å². The third kappa shape index (κ3) is 5.65. The van der Waals surface area contributed by atoms with Gasteiger partial charge in [-0.1, -0.05) is 60.2 Å². The van der Waals surface area contributed by atoms with Crippen molar-refractivity contribution in [1.29, 1.82) is 0 Å². The molecule has 0 spiro atoms. The van der Waals surface area contributed by atoms with Gasteiger partial charge in [0.15, 0.2) is 0 Å². The monoisotopic (exact) mass is 533 g/mol. The number of benzene rings is 3. The second kappa shape index (κ2) is 11.5. The van der Waals surface area contributed by atoms with E-state index in [1.54, 1.807) is 11.0 Å². The fourth-order valence-corrected chi connectivity index (χ4v) is 5.35. The number of amides is 1. The molecular weight excluding hydrogens is 505 g/mol. The van der Waals surface area contributed by atoms with Crippen molar-refractivity contribution < 1.29 is 73.9 Å². The molecule has 1 fully saturated rings. The van der Waals surface area contributed by atoms with Gasteiger partial charge in [0.1, 0.15) is 6.61 Å². The van der Waals surface area contributed by atoms with Crippen molar-refractivity contribution in [3.8, 4) is 11.1 Å². The molecule has 0 radical (unpaired) electrons. The molecule has 5 rings (SSSR count). The number of halogens is 3. The Morgan fingerprint density at radius 2 is 1.54 bits per heavy atom. The quantitative estimate of drug-likeness (QED) is 0.507. The van der Waals surface area contributed by atoms with Crippen LogP contribution < -0.4 is 67.5 Å². The van der Waals surface area contributed by atoms with Crippen LogP contribution in [0.2, 0.25) is 0 Å². The number of fused-ring (bicyclic) bond motifs is 3. The van der Waals surface area contributed by atoms with Gasteiger partial charge in [0.05, 0.1) is 0 Å². The molecule has 3 aromatic carbocycles. The van der Waals surface area contributed by atoms with Crippen LogP contribution in [0.25, 0.3) is 11.1 Å². The fourth-order valence-electron chi connectivity index (χ4n) is 5.35. The molecule has 1 aliphatic carbocycles. The molecule has 2 aliphatic rings. The molecule has 0 saturated carbocycles. The van der Waals surface area contributed by atoms with E-state index in [2.05, 4.69) is 24.3 Å². The molecule has 1 saturated heterocycles. The number of anilines is 1. The van der Waals surface area contributed by atoms with Gasteiger partial charge in [-0.05, 0) is 40.8 Å². The maximum atomic E-state index is 13.6. The number of carbonyl (C=O) groups is 1. The van der Waals surface area contributed by atoms with Crippen molar-refractivity contribution in [2.45, 2.75) is 19.4 Å². The summed E-state index contributed by atoms with van der Waals surface area (Å²) in [6, 6.07) is 19.2. The normalized spacial score (nSPS) is 15.2. The van der Waals surface area contributed by atoms with Crippen molar-refractivity contribution in [3.63, 3.8) is 0 Å². The summed E-state index contributed by atoms with van der Waals surface area (Å²) in [5.74, 6) is -0.0208. The van der Waals surface area contributed by atoms with E-state index in [9.17, 15) is 17.7 Å². The summed E-state index contributed by atoms with van der Waals surface area (Å²) in [5.41, 5.74) is 10.9. The molecular formula is C27H28BF3KN3O2. The van der Waals surface area contributed by atoms with Crippen LogP contribution in [-0.2, 0) is 11.3 Å². The van der Waals surface area contributed by atoms with Crippen molar-refractivity contribution >= 4 is 24.2 Å². The van der Waals surface area contributed by atoms with E-state index >= 15 is 0 Å². The van der Waals surface area contributed by atoms with Gasteiger partial charge in [-0.25, -0.2) is 4.79 Å². The van der Waals surface area contributed by atoms with E-state index in [4.69, 9.17) is 10.5 Å². The van der Waals surface area contributed by atoms with Crippen LogP contribution in [0.3, 0.4) is 0 Å². The van der Waals surface area contributed by atoms with Crippen molar-refractivity contribution in [2.24, 2.45) is 5.73 Å². The zero-order valence-electron chi connectivity index (χ0n) is 21.1. The van der Waals surface area contributed by atoms with Crippen LogP contribution in [0.15, 0.2) is 60.7 Å². The smallest absolute Gasteiger partial charge is 0.448 e. The zero-order valence-corrected chi connectivity index (χ0v) is 24.2. The molecule has 2 N–H and O–H groups in total.